The van der Waals surface area contributed by atoms with Crippen LogP contribution in [0.5, 0.6) is 0 Å². The number of aromatic carboxylic acids is 1. The van der Waals surface area contributed by atoms with Crippen molar-refractivity contribution in [3.05, 3.63) is 66.0 Å². The second-order valence-corrected chi connectivity index (χ2v) is 10.4. The van der Waals surface area contributed by atoms with E-state index in [0.717, 1.165) is 40.9 Å². The molecular weight excluding hydrogens is 400 g/mol. The summed E-state index contributed by atoms with van der Waals surface area (Å²) in [7, 11) is 0. The van der Waals surface area contributed by atoms with E-state index in [-0.39, 0.29) is 11.5 Å². The van der Waals surface area contributed by atoms with Crippen molar-refractivity contribution >= 4 is 17.4 Å². The van der Waals surface area contributed by atoms with E-state index in [1.807, 2.05) is 47.1 Å². The van der Waals surface area contributed by atoms with Gasteiger partial charge >= 0.3 is 5.97 Å². The zero-order valence-corrected chi connectivity index (χ0v) is 18.1. The minimum Gasteiger partial charge on any atom is -0.478 e. The minimum absolute atomic E-state index is 0.00257. The number of carbonyl (C=O) groups is 2. The van der Waals surface area contributed by atoms with Crippen molar-refractivity contribution in [3.63, 3.8) is 0 Å². The Bertz CT molecular complexity index is 1170. The smallest absolute Gasteiger partial charge is 0.335 e. The number of amides is 1. The average molecular weight is 429 g/mol. The molecule has 1 amide bonds. The second-order valence-electron chi connectivity index (χ2n) is 10.4. The molecule has 3 aromatic rings. The first-order valence-corrected chi connectivity index (χ1v) is 11.7. The first kappa shape index (κ1) is 19.6. The van der Waals surface area contributed by atoms with Gasteiger partial charge in [-0.2, -0.15) is 0 Å². The lowest BCUT2D eigenvalue weighted by atomic mass is 9.49. The summed E-state index contributed by atoms with van der Waals surface area (Å²) in [6.07, 6.45) is 12.0. The largest absolute Gasteiger partial charge is 0.478 e. The van der Waals surface area contributed by atoms with Crippen LogP contribution in [0.4, 0.5) is 0 Å². The van der Waals surface area contributed by atoms with Gasteiger partial charge in [-0.3, -0.25) is 4.79 Å². The van der Waals surface area contributed by atoms with E-state index in [0.29, 0.717) is 11.0 Å². The van der Waals surface area contributed by atoms with Crippen LogP contribution in [0.1, 0.15) is 59.2 Å². The van der Waals surface area contributed by atoms with Crippen LogP contribution in [0.25, 0.3) is 16.6 Å². The summed E-state index contributed by atoms with van der Waals surface area (Å²) in [4.78, 5) is 24.4. The normalized spacial score (nSPS) is 28.2. The van der Waals surface area contributed by atoms with Gasteiger partial charge in [-0.25, -0.2) is 4.79 Å². The van der Waals surface area contributed by atoms with Gasteiger partial charge in [-0.15, -0.1) is 0 Å². The van der Waals surface area contributed by atoms with Crippen LogP contribution in [0, 0.1) is 23.2 Å². The summed E-state index contributed by atoms with van der Waals surface area (Å²) < 4.78 is 1.97. The SMILES string of the molecule is O=C(O)c1ccc(-c2cc3c(C(=O)NCC45CC6CC(CC(C6)C4)C5)cccn3c2)cc1. The van der Waals surface area contributed by atoms with Gasteiger partial charge in [-0.05, 0) is 97.6 Å². The molecule has 2 heterocycles. The molecule has 4 bridgehead atoms. The topological polar surface area (TPSA) is 70.8 Å². The van der Waals surface area contributed by atoms with Gasteiger partial charge in [0.05, 0.1) is 16.6 Å². The van der Waals surface area contributed by atoms with Gasteiger partial charge < -0.3 is 14.8 Å². The van der Waals surface area contributed by atoms with E-state index < -0.39 is 5.97 Å². The van der Waals surface area contributed by atoms with E-state index in [4.69, 9.17) is 5.11 Å². The van der Waals surface area contributed by atoms with Gasteiger partial charge in [-0.1, -0.05) is 12.1 Å². The zero-order chi connectivity index (χ0) is 21.9. The fraction of sp³-hybridized carbons (Fsp3) is 0.407. The summed E-state index contributed by atoms with van der Waals surface area (Å²) >= 11 is 0. The number of carbonyl (C=O) groups excluding carboxylic acids is 1. The molecule has 0 spiro atoms. The number of nitrogens with one attached hydrogen (secondary N) is 1. The molecule has 32 heavy (non-hydrogen) atoms. The van der Waals surface area contributed by atoms with Crippen molar-refractivity contribution in [2.75, 3.05) is 6.54 Å². The van der Waals surface area contributed by atoms with Crippen molar-refractivity contribution in [2.45, 2.75) is 38.5 Å². The Morgan fingerprint density at radius 2 is 1.62 bits per heavy atom. The zero-order valence-electron chi connectivity index (χ0n) is 18.1. The maximum absolute atomic E-state index is 13.2. The Balaban J connectivity index is 1.23. The van der Waals surface area contributed by atoms with Crippen molar-refractivity contribution in [2.24, 2.45) is 23.2 Å². The maximum Gasteiger partial charge on any atom is 0.335 e. The number of rotatable bonds is 5. The van der Waals surface area contributed by atoms with E-state index in [2.05, 4.69) is 5.32 Å². The van der Waals surface area contributed by atoms with Gasteiger partial charge in [0.1, 0.15) is 0 Å². The van der Waals surface area contributed by atoms with Crippen LogP contribution in [0.3, 0.4) is 0 Å². The van der Waals surface area contributed by atoms with Crippen LogP contribution in [-0.2, 0) is 0 Å². The summed E-state index contributed by atoms with van der Waals surface area (Å²) in [6, 6.07) is 12.6. The van der Waals surface area contributed by atoms with Crippen LogP contribution >= 0.6 is 0 Å². The Morgan fingerprint density at radius 3 is 2.25 bits per heavy atom. The van der Waals surface area contributed by atoms with Crippen molar-refractivity contribution in [3.8, 4) is 11.1 Å². The number of pyridine rings is 1. The third-order valence-corrected chi connectivity index (χ3v) is 8.13. The number of aromatic nitrogens is 1. The molecule has 164 valence electrons. The highest BCUT2D eigenvalue weighted by Gasteiger charge is 2.50. The van der Waals surface area contributed by atoms with Crippen molar-refractivity contribution < 1.29 is 14.7 Å². The summed E-state index contributed by atoms with van der Waals surface area (Å²) in [5.74, 6) is 1.70. The number of hydrogen-bond donors (Lipinski definition) is 2. The van der Waals surface area contributed by atoms with Gasteiger partial charge in [0.25, 0.3) is 5.91 Å². The quantitative estimate of drug-likeness (QED) is 0.583. The predicted molar refractivity (Wildman–Crippen MR) is 123 cm³/mol. The van der Waals surface area contributed by atoms with Crippen molar-refractivity contribution in [1.29, 1.82) is 0 Å². The van der Waals surface area contributed by atoms with E-state index >= 15 is 0 Å². The molecule has 4 saturated carbocycles. The lowest BCUT2D eigenvalue weighted by Crippen LogP contribution is -2.51. The molecule has 0 aliphatic heterocycles. The number of fused-ring (bicyclic) bond motifs is 1. The standard InChI is InChI=1S/C27H28N2O3/c30-25(28-16-27-12-17-8-18(13-27)10-19(9-17)14-27)23-2-1-7-29-15-22(11-24(23)29)20-3-5-21(6-4-20)26(31)32/h1-7,11,15,17-19H,8-10,12-14,16H2,(H,28,30)(H,31,32). The first-order valence-electron chi connectivity index (χ1n) is 11.7. The molecule has 4 aliphatic rings. The molecule has 0 saturated heterocycles. The molecule has 7 rings (SSSR count). The van der Waals surface area contributed by atoms with Crippen LogP contribution in [0.2, 0.25) is 0 Å². The van der Waals surface area contributed by atoms with Gasteiger partial charge in [0.2, 0.25) is 0 Å². The summed E-state index contributed by atoms with van der Waals surface area (Å²) in [6.45, 7) is 0.792. The molecule has 5 nitrogen and oxygen atoms in total. The number of carboxylic acids is 1. The molecule has 0 unspecified atom stereocenters. The number of nitrogens with zero attached hydrogens (tertiary/aromatic N) is 1. The highest BCUT2D eigenvalue weighted by molar-refractivity contribution is 6.01. The monoisotopic (exact) mass is 428 g/mol. The molecule has 4 aliphatic carbocycles. The summed E-state index contributed by atoms with van der Waals surface area (Å²) in [5.41, 5.74) is 4.02. The fourth-order valence-electron chi connectivity index (χ4n) is 7.16. The molecule has 2 aromatic heterocycles. The lowest BCUT2D eigenvalue weighted by Gasteiger charge is -2.56. The first-order chi connectivity index (χ1) is 15.5. The highest BCUT2D eigenvalue weighted by Crippen LogP contribution is 2.59. The predicted octanol–water partition coefficient (Wildman–Crippen LogP) is 5.25. The van der Waals surface area contributed by atoms with Crippen LogP contribution in [-0.4, -0.2) is 27.9 Å². The highest BCUT2D eigenvalue weighted by atomic mass is 16.4. The number of carboxylic acid groups (broad SMARTS) is 1. The fourth-order valence-corrected chi connectivity index (χ4v) is 7.16. The Kier molecular flexibility index (Phi) is 4.42. The van der Waals surface area contributed by atoms with E-state index in [9.17, 15) is 9.59 Å². The van der Waals surface area contributed by atoms with E-state index in [1.165, 1.54) is 38.5 Å². The van der Waals surface area contributed by atoms with Gasteiger partial charge in [0, 0.05) is 24.5 Å². The minimum atomic E-state index is -0.934. The Labute approximate surface area is 187 Å². The van der Waals surface area contributed by atoms with Crippen LogP contribution < -0.4 is 5.32 Å². The molecular formula is C27H28N2O3. The second kappa shape index (κ2) is 7.22. The third kappa shape index (κ3) is 3.31. The Hall–Kier alpha value is -3.08. The molecule has 4 fully saturated rings. The molecule has 5 heteroatoms. The van der Waals surface area contributed by atoms with E-state index in [1.54, 1.807) is 12.1 Å². The molecule has 0 atom stereocenters. The average Bonchev–Trinajstić information content (AvgIpc) is 3.21. The van der Waals surface area contributed by atoms with Gasteiger partial charge in [0.15, 0.2) is 0 Å². The lowest BCUT2D eigenvalue weighted by molar-refractivity contribution is -0.0503. The summed E-state index contributed by atoms with van der Waals surface area (Å²) in [5, 5.41) is 12.4. The Morgan fingerprint density at radius 1 is 0.969 bits per heavy atom. The molecule has 1 aromatic carbocycles. The van der Waals surface area contributed by atoms with Crippen molar-refractivity contribution in [1.82, 2.24) is 9.72 Å². The number of hydrogen-bond acceptors (Lipinski definition) is 2. The third-order valence-electron chi connectivity index (χ3n) is 8.13. The number of benzene rings is 1. The molecule has 2 N–H and O–H groups in total. The molecule has 0 radical (unpaired) electrons. The van der Waals surface area contributed by atoms with Crippen LogP contribution in [0.15, 0.2) is 54.9 Å². The maximum atomic E-state index is 13.2.